The van der Waals surface area contributed by atoms with Crippen molar-refractivity contribution in [3.8, 4) is 17.3 Å². The zero-order valence-electron chi connectivity index (χ0n) is 20.2. The Hall–Kier alpha value is -3.20. The molecule has 0 saturated carbocycles. The molecule has 2 aliphatic heterocycles. The first-order valence-electron chi connectivity index (χ1n) is 11.9. The number of halogens is 2. The number of anilines is 3. The van der Waals surface area contributed by atoms with E-state index in [9.17, 15) is 4.39 Å². The van der Waals surface area contributed by atoms with Crippen LogP contribution in [0, 0.1) is 5.82 Å². The van der Waals surface area contributed by atoms with Gasteiger partial charge in [-0.1, -0.05) is 11.6 Å². The van der Waals surface area contributed by atoms with Crippen LogP contribution < -0.4 is 19.4 Å². The third kappa shape index (κ3) is 4.82. The highest BCUT2D eigenvalue weighted by atomic mass is 35.5. The number of hydrogen-bond donors (Lipinski definition) is 0. The number of aromatic nitrogens is 4. The second-order valence-corrected chi connectivity index (χ2v) is 9.53. The third-order valence-electron chi connectivity index (χ3n) is 6.76. The summed E-state index contributed by atoms with van der Waals surface area (Å²) < 4.78 is 18.8. The van der Waals surface area contributed by atoms with E-state index in [-0.39, 0.29) is 11.9 Å². The molecule has 10 heteroatoms. The second kappa shape index (κ2) is 9.81. The Morgan fingerprint density at radius 2 is 1.80 bits per heavy atom. The van der Waals surface area contributed by atoms with Crippen LogP contribution in [0.4, 0.5) is 22.0 Å². The number of ether oxygens (including phenoxy) is 1. The first kappa shape index (κ1) is 23.5. The number of rotatable bonds is 5. The Morgan fingerprint density at radius 1 is 1.00 bits per heavy atom. The van der Waals surface area contributed by atoms with E-state index in [0.717, 1.165) is 55.5 Å². The molecule has 2 saturated heterocycles. The van der Waals surface area contributed by atoms with Crippen LogP contribution in [-0.2, 0) is 0 Å². The van der Waals surface area contributed by atoms with Crippen molar-refractivity contribution in [1.29, 1.82) is 0 Å². The van der Waals surface area contributed by atoms with E-state index in [1.807, 2.05) is 6.07 Å². The molecule has 2 atom stereocenters. The molecule has 184 valence electrons. The van der Waals surface area contributed by atoms with Crippen LogP contribution in [-0.4, -0.2) is 65.3 Å². The molecule has 5 rings (SSSR count). The van der Waals surface area contributed by atoms with Gasteiger partial charge >= 0.3 is 6.01 Å². The highest BCUT2D eigenvalue weighted by molar-refractivity contribution is 6.32. The Bertz CT molecular complexity index is 1190. The lowest BCUT2D eigenvalue weighted by molar-refractivity contribution is 0.379. The van der Waals surface area contributed by atoms with Crippen LogP contribution in [0.3, 0.4) is 0 Å². The van der Waals surface area contributed by atoms with Gasteiger partial charge in [-0.25, -0.2) is 14.4 Å². The zero-order chi connectivity index (χ0) is 24.5. The minimum Gasteiger partial charge on any atom is -0.467 e. The summed E-state index contributed by atoms with van der Waals surface area (Å²) in [5.74, 6) is 2.00. The number of piperazine rings is 1. The van der Waals surface area contributed by atoms with E-state index in [0.29, 0.717) is 29.4 Å². The van der Waals surface area contributed by atoms with Gasteiger partial charge in [-0.05, 0) is 51.0 Å². The average molecular weight is 498 g/mol. The summed E-state index contributed by atoms with van der Waals surface area (Å²) in [6, 6.07) is 9.30. The fourth-order valence-corrected chi connectivity index (χ4v) is 5.06. The SMILES string of the molecule is COc1ncc(Cl)c(N2CCN(c3cc(-c4ccc(F)cc4)nc(N4CCC[C@H]4C)n3)[C@H](C)C2)n1. The number of nitrogens with zero attached hydrogens (tertiary/aromatic N) is 7. The number of benzene rings is 1. The topological polar surface area (TPSA) is 70.5 Å². The molecule has 0 spiro atoms. The van der Waals surface area contributed by atoms with Crippen molar-refractivity contribution >= 4 is 29.2 Å². The van der Waals surface area contributed by atoms with E-state index in [1.54, 1.807) is 25.4 Å². The van der Waals surface area contributed by atoms with E-state index in [4.69, 9.17) is 26.3 Å². The molecule has 3 aromatic rings. The Morgan fingerprint density at radius 3 is 2.49 bits per heavy atom. The normalized spacial score (nSPS) is 20.4. The lowest BCUT2D eigenvalue weighted by Crippen LogP contribution is -2.53. The van der Waals surface area contributed by atoms with Crippen molar-refractivity contribution < 1.29 is 9.13 Å². The summed E-state index contributed by atoms with van der Waals surface area (Å²) in [5, 5.41) is 0.498. The average Bonchev–Trinajstić information content (AvgIpc) is 3.30. The summed E-state index contributed by atoms with van der Waals surface area (Å²) >= 11 is 6.41. The van der Waals surface area contributed by atoms with Gasteiger partial charge < -0.3 is 19.4 Å². The lowest BCUT2D eigenvalue weighted by Gasteiger charge is -2.41. The second-order valence-electron chi connectivity index (χ2n) is 9.12. The van der Waals surface area contributed by atoms with Crippen LogP contribution in [0.25, 0.3) is 11.3 Å². The quantitative estimate of drug-likeness (QED) is 0.512. The van der Waals surface area contributed by atoms with Crippen molar-refractivity contribution in [2.75, 3.05) is 48.0 Å². The Balaban J connectivity index is 1.46. The van der Waals surface area contributed by atoms with E-state index in [2.05, 4.69) is 38.5 Å². The Labute approximate surface area is 209 Å². The molecule has 2 fully saturated rings. The molecule has 4 heterocycles. The van der Waals surface area contributed by atoms with Crippen molar-refractivity contribution in [1.82, 2.24) is 19.9 Å². The van der Waals surface area contributed by atoms with Gasteiger partial charge in [0.1, 0.15) is 16.7 Å². The van der Waals surface area contributed by atoms with Crippen LogP contribution in [0.1, 0.15) is 26.7 Å². The van der Waals surface area contributed by atoms with Gasteiger partial charge in [0.15, 0.2) is 5.82 Å². The van der Waals surface area contributed by atoms with Crippen molar-refractivity contribution in [2.24, 2.45) is 0 Å². The van der Waals surface area contributed by atoms with E-state index >= 15 is 0 Å². The molecule has 2 aromatic heterocycles. The van der Waals surface area contributed by atoms with Crippen LogP contribution >= 0.6 is 11.6 Å². The standard InChI is InChI=1S/C25H29ClFN7O/c1-16-5-4-10-34(16)24-29-21(18-6-8-19(27)9-7-18)13-22(30-24)33-12-11-32(15-17(33)2)23-20(26)14-28-25(31-23)35-3/h6-9,13-14,16-17H,4-5,10-12,15H2,1-3H3/t16-,17-/m1/s1. The predicted octanol–water partition coefficient (Wildman–Crippen LogP) is 4.44. The number of hydrogen-bond acceptors (Lipinski definition) is 8. The maximum absolute atomic E-state index is 13.6. The molecule has 0 unspecified atom stereocenters. The highest BCUT2D eigenvalue weighted by Crippen LogP contribution is 2.32. The summed E-state index contributed by atoms with van der Waals surface area (Å²) in [7, 11) is 1.54. The molecule has 0 N–H and O–H groups in total. The fraction of sp³-hybridized carbons (Fsp3) is 0.440. The van der Waals surface area contributed by atoms with Gasteiger partial charge in [-0.3, -0.25) is 0 Å². The van der Waals surface area contributed by atoms with Crippen molar-refractivity contribution in [2.45, 2.75) is 38.8 Å². The lowest BCUT2D eigenvalue weighted by atomic mass is 10.1. The summed E-state index contributed by atoms with van der Waals surface area (Å²) in [6.07, 6.45) is 3.82. The minimum atomic E-state index is -0.263. The molecule has 2 aliphatic rings. The van der Waals surface area contributed by atoms with Gasteiger partial charge in [-0.2, -0.15) is 9.97 Å². The molecular formula is C25H29ClFN7O. The van der Waals surface area contributed by atoms with Gasteiger partial charge in [0.2, 0.25) is 5.95 Å². The highest BCUT2D eigenvalue weighted by Gasteiger charge is 2.30. The molecule has 0 aliphatic carbocycles. The van der Waals surface area contributed by atoms with Crippen LogP contribution in [0.5, 0.6) is 6.01 Å². The number of methoxy groups -OCH3 is 1. The van der Waals surface area contributed by atoms with Gasteiger partial charge in [0.25, 0.3) is 0 Å². The zero-order valence-corrected chi connectivity index (χ0v) is 20.9. The van der Waals surface area contributed by atoms with Gasteiger partial charge in [0.05, 0.1) is 19.0 Å². The largest absolute Gasteiger partial charge is 0.467 e. The monoisotopic (exact) mass is 497 g/mol. The molecule has 8 nitrogen and oxygen atoms in total. The molecule has 0 bridgehead atoms. The van der Waals surface area contributed by atoms with Crippen molar-refractivity contribution in [3.63, 3.8) is 0 Å². The van der Waals surface area contributed by atoms with Crippen molar-refractivity contribution in [3.05, 3.63) is 47.4 Å². The smallest absolute Gasteiger partial charge is 0.318 e. The predicted molar refractivity (Wildman–Crippen MR) is 136 cm³/mol. The van der Waals surface area contributed by atoms with Gasteiger partial charge in [0, 0.05) is 49.9 Å². The maximum Gasteiger partial charge on any atom is 0.318 e. The first-order chi connectivity index (χ1) is 16.9. The summed E-state index contributed by atoms with van der Waals surface area (Å²) in [4.78, 5) is 25.1. The minimum absolute atomic E-state index is 0.139. The Kier molecular flexibility index (Phi) is 6.60. The molecular weight excluding hydrogens is 469 g/mol. The molecule has 35 heavy (non-hydrogen) atoms. The fourth-order valence-electron chi connectivity index (χ4n) is 4.85. The van der Waals surface area contributed by atoms with Gasteiger partial charge in [-0.15, -0.1) is 0 Å². The third-order valence-corrected chi connectivity index (χ3v) is 7.02. The van der Waals surface area contributed by atoms with Crippen LogP contribution in [0.15, 0.2) is 36.5 Å². The first-order valence-corrected chi connectivity index (χ1v) is 12.3. The summed E-state index contributed by atoms with van der Waals surface area (Å²) in [5.41, 5.74) is 1.66. The maximum atomic E-state index is 13.6. The summed E-state index contributed by atoms with van der Waals surface area (Å²) in [6.45, 7) is 7.47. The molecule has 0 radical (unpaired) electrons. The van der Waals surface area contributed by atoms with E-state index in [1.165, 1.54) is 12.1 Å². The van der Waals surface area contributed by atoms with Crippen LogP contribution in [0.2, 0.25) is 5.02 Å². The molecule has 1 aromatic carbocycles. The molecule has 0 amide bonds. The van der Waals surface area contributed by atoms with E-state index < -0.39 is 0 Å².